The SMILES string of the molecule is O=C(C=Cc1ccc(Br)cc1)N1CCN(C(=O)c2ccc(F)cc2F)CC1. The first-order chi connectivity index (χ1) is 12.9. The molecule has 0 bridgehead atoms. The molecular formula is C20H17BrF2N2O2. The van der Waals surface area contributed by atoms with Gasteiger partial charge in [-0.2, -0.15) is 0 Å². The number of nitrogens with zero attached hydrogens (tertiary/aromatic N) is 2. The van der Waals surface area contributed by atoms with Crippen LogP contribution < -0.4 is 0 Å². The Balaban J connectivity index is 1.57. The van der Waals surface area contributed by atoms with Crippen LogP contribution in [-0.4, -0.2) is 47.8 Å². The predicted octanol–water partition coefficient (Wildman–Crippen LogP) is 3.73. The zero-order valence-electron chi connectivity index (χ0n) is 14.4. The van der Waals surface area contributed by atoms with E-state index in [0.29, 0.717) is 32.2 Å². The van der Waals surface area contributed by atoms with Crippen molar-refractivity contribution in [2.24, 2.45) is 0 Å². The lowest BCUT2D eigenvalue weighted by molar-refractivity contribution is -0.127. The summed E-state index contributed by atoms with van der Waals surface area (Å²) in [5.74, 6) is -2.24. The number of hydrogen-bond donors (Lipinski definition) is 0. The van der Waals surface area contributed by atoms with Gasteiger partial charge in [-0.3, -0.25) is 9.59 Å². The molecule has 27 heavy (non-hydrogen) atoms. The first kappa shape index (κ1) is 19.2. The molecule has 140 valence electrons. The Hall–Kier alpha value is -2.54. The minimum absolute atomic E-state index is 0.141. The Bertz CT molecular complexity index is 876. The second kappa shape index (κ2) is 8.43. The van der Waals surface area contributed by atoms with Crippen molar-refractivity contribution in [3.05, 3.63) is 75.8 Å². The van der Waals surface area contributed by atoms with Gasteiger partial charge in [0.1, 0.15) is 11.6 Å². The minimum Gasteiger partial charge on any atom is -0.336 e. The maximum absolute atomic E-state index is 13.8. The molecule has 2 aromatic rings. The highest BCUT2D eigenvalue weighted by Crippen LogP contribution is 2.15. The molecule has 3 rings (SSSR count). The summed E-state index contributed by atoms with van der Waals surface area (Å²) in [5.41, 5.74) is 0.749. The lowest BCUT2D eigenvalue weighted by Crippen LogP contribution is -2.50. The fourth-order valence-corrected chi connectivity index (χ4v) is 3.07. The third kappa shape index (κ3) is 4.80. The monoisotopic (exact) mass is 434 g/mol. The van der Waals surface area contributed by atoms with Gasteiger partial charge in [-0.15, -0.1) is 0 Å². The predicted molar refractivity (Wildman–Crippen MR) is 102 cm³/mol. The lowest BCUT2D eigenvalue weighted by atomic mass is 10.1. The van der Waals surface area contributed by atoms with E-state index < -0.39 is 17.5 Å². The molecule has 1 heterocycles. The van der Waals surface area contributed by atoms with Crippen LogP contribution in [0.4, 0.5) is 8.78 Å². The molecule has 0 unspecified atom stereocenters. The highest BCUT2D eigenvalue weighted by Gasteiger charge is 2.25. The van der Waals surface area contributed by atoms with Gasteiger partial charge in [0.2, 0.25) is 5.91 Å². The second-order valence-electron chi connectivity index (χ2n) is 6.13. The minimum atomic E-state index is -0.879. The number of hydrogen-bond acceptors (Lipinski definition) is 2. The highest BCUT2D eigenvalue weighted by atomic mass is 79.9. The van der Waals surface area contributed by atoms with Crippen molar-refractivity contribution in [3.63, 3.8) is 0 Å². The first-order valence-electron chi connectivity index (χ1n) is 8.41. The van der Waals surface area contributed by atoms with E-state index in [1.54, 1.807) is 11.0 Å². The van der Waals surface area contributed by atoms with E-state index in [1.807, 2.05) is 24.3 Å². The van der Waals surface area contributed by atoms with Crippen LogP contribution in [0, 0.1) is 11.6 Å². The number of rotatable bonds is 3. The molecule has 0 aliphatic carbocycles. The standard InChI is InChI=1S/C20H17BrF2N2O2/c21-15-4-1-14(2-5-15)3-8-19(26)24-9-11-25(12-10-24)20(27)17-7-6-16(22)13-18(17)23/h1-8,13H,9-12H2. The van der Waals surface area contributed by atoms with E-state index in [4.69, 9.17) is 0 Å². The molecule has 4 nitrogen and oxygen atoms in total. The summed E-state index contributed by atoms with van der Waals surface area (Å²) in [7, 11) is 0. The average molecular weight is 435 g/mol. The van der Waals surface area contributed by atoms with Gasteiger partial charge in [-0.1, -0.05) is 28.1 Å². The van der Waals surface area contributed by atoms with Crippen LogP contribution in [0.1, 0.15) is 15.9 Å². The molecule has 0 radical (unpaired) electrons. The Labute approximate surface area is 164 Å². The fraction of sp³-hybridized carbons (Fsp3) is 0.200. The molecule has 0 saturated carbocycles. The molecule has 1 aliphatic heterocycles. The molecule has 0 N–H and O–H groups in total. The van der Waals surface area contributed by atoms with E-state index in [0.717, 1.165) is 22.2 Å². The van der Waals surface area contributed by atoms with Gasteiger partial charge < -0.3 is 9.80 Å². The van der Waals surface area contributed by atoms with Gasteiger partial charge in [0.15, 0.2) is 0 Å². The topological polar surface area (TPSA) is 40.6 Å². The number of carbonyl (C=O) groups is 2. The van der Waals surface area contributed by atoms with E-state index in [9.17, 15) is 18.4 Å². The van der Waals surface area contributed by atoms with Crippen molar-refractivity contribution in [2.75, 3.05) is 26.2 Å². The summed E-state index contributed by atoms with van der Waals surface area (Å²) in [6.45, 7) is 1.32. The van der Waals surface area contributed by atoms with Gasteiger partial charge in [0.25, 0.3) is 5.91 Å². The number of halogens is 3. The van der Waals surface area contributed by atoms with Gasteiger partial charge in [-0.25, -0.2) is 8.78 Å². The molecular weight excluding hydrogens is 418 g/mol. The molecule has 7 heteroatoms. The van der Waals surface area contributed by atoms with Crippen LogP contribution in [0.2, 0.25) is 0 Å². The average Bonchev–Trinajstić information content (AvgIpc) is 2.67. The zero-order chi connectivity index (χ0) is 19.4. The molecule has 2 amide bonds. The maximum Gasteiger partial charge on any atom is 0.256 e. The van der Waals surface area contributed by atoms with Crippen LogP contribution in [0.25, 0.3) is 6.08 Å². The highest BCUT2D eigenvalue weighted by molar-refractivity contribution is 9.10. The Morgan fingerprint density at radius 2 is 1.56 bits per heavy atom. The van der Waals surface area contributed by atoms with Crippen molar-refractivity contribution in [3.8, 4) is 0 Å². The van der Waals surface area contributed by atoms with Gasteiger partial charge >= 0.3 is 0 Å². The van der Waals surface area contributed by atoms with Gasteiger partial charge in [0.05, 0.1) is 5.56 Å². The maximum atomic E-state index is 13.8. The van der Waals surface area contributed by atoms with Crippen molar-refractivity contribution < 1.29 is 18.4 Å². The van der Waals surface area contributed by atoms with E-state index in [-0.39, 0.29) is 11.5 Å². The second-order valence-corrected chi connectivity index (χ2v) is 7.04. The van der Waals surface area contributed by atoms with E-state index >= 15 is 0 Å². The van der Waals surface area contributed by atoms with E-state index in [1.165, 1.54) is 11.0 Å². The Morgan fingerprint density at radius 1 is 0.926 bits per heavy atom. The van der Waals surface area contributed by atoms with Gasteiger partial charge in [0, 0.05) is 42.8 Å². The summed E-state index contributed by atoms with van der Waals surface area (Å²) in [4.78, 5) is 27.8. The smallest absolute Gasteiger partial charge is 0.256 e. The summed E-state index contributed by atoms with van der Waals surface area (Å²) in [5, 5.41) is 0. The van der Waals surface area contributed by atoms with Crippen LogP contribution >= 0.6 is 15.9 Å². The van der Waals surface area contributed by atoms with Crippen molar-refractivity contribution in [1.82, 2.24) is 9.80 Å². The van der Waals surface area contributed by atoms with E-state index in [2.05, 4.69) is 15.9 Å². The molecule has 1 aliphatic rings. The van der Waals surface area contributed by atoms with Crippen molar-refractivity contribution in [2.45, 2.75) is 0 Å². The number of amides is 2. The third-order valence-corrected chi connectivity index (χ3v) is 4.86. The van der Waals surface area contributed by atoms with Gasteiger partial charge in [-0.05, 0) is 35.9 Å². The lowest BCUT2D eigenvalue weighted by Gasteiger charge is -2.34. The van der Waals surface area contributed by atoms with Crippen LogP contribution in [0.15, 0.2) is 53.0 Å². The molecule has 0 aromatic heterocycles. The summed E-state index contributed by atoms with van der Waals surface area (Å²) >= 11 is 3.36. The van der Waals surface area contributed by atoms with Crippen molar-refractivity contribution >= 4 is 33.8 Å². The van der Waals surface area contributed by atoms with Crippen molar-refractivity contribution in [1.29, 1.82) is 0 Å². The fourth-order valence-electron chi connectivity index (χ4n) is 2.81. The number of piperazine rings is 1. The molecule has 1 saturated heterocycles. The number of carbonyl (C=O) groups excluding carboxylic acids is 2. The largest absolute Gasteiger partial charge is 0.336 e. The third-order valence-electron chi connectivity index (χ3n) is 4.33. The normalized spacial score (nSPS) is 14.6. The molecule has 0 atom stereocenters. The van der Waals surface area contributed by atoms with Crippen LogP contribution in [-0.2, 0) is 4.79 Å². The quantitative estimate of drug-likeness (QED) is 0.690. The molecule has 1 fully saturated rings. The molecule has 0 spiro atoms. The summed E-state index contributed by atoms with van der Waals surface area (Å²) < 4.78 is 27.7. The number of benzene rings is 2. The summed E-state index contributed by atoms with van der Waals surface area (Å²) in [6, 6.07) is 10.5. The Morgan fingerprint density at radius 3 is 2.19 bits per heavy atom. The van der Waals surface area contributed by atoms with Crippen LogP contribution in [0.3, 0.4) is 0 Å². The summed E-state index contributed by atoms with van der Waals surface area (Å²) in [6.07, 6.45) is 3.24. The molecule has 2 aromatic carbocycles. The van der Waals surface area contributed by atoms with Crippen LogP contribution in [0.5, 0.6) is 0 Å². The zero-order valence-corrected chi connectivity index (χ0v) is 16.0. The Kier molecular flexibility index (Phi) is 6.01. The first-order valence-corrected chi connectivity index (χ1v) is 9.20.